The molecule has 1 aromatic carbocycles. The summed E-state index contributed by atoms with van der Waals surface area (Å²) in [6.07, 6.45) is 0.914. The van der Waals surface area contributed by atoms with Crippen LogP contribution in [0.25, 0.3) is 0 Å². The molecule has 8 nitrogen and oxygen atoms in total. The number of hydrogen-bond donors (Lipinski definition) is 1. The van der Waals surface area contributed by atoms with Crippen molar-refractivity contribution in [3.05, 3.63) is 34.1 Å². The van der Waals surface area contributed by atoms with Crippen molar-refractivity contribution >= 4 is 37.5 Å². The SMILES string of the molecule is CC(=O)N1CCc2cc(Br)c(S(=O)(=O)n3cc(C(C)O)nn3)cc21. The van der Waals surface area contributed by atoms with E-state index in [4.69, 9.17) is 0 Å². The number of amides is 1. The summed E-state index contributed by atoms with van der Waals surface area (Å²) in [5, 5.41) is 16.7. The monoisotopic (exact) mass is 414 g/mol. The molecule has 24 heavy (non-hydrogen) atoms. The molecule has 0 radical (unpaired) electrons. The fourth-order valence-electron chi connectivity index (χ4n) is 2.58. The van der Waals surface area contributed by atoms with Gasteiger partial charge in [-0.05, 0) is 47.0 Å². The zero-order valence-corrected chi connectivity index (χ0v) is 15.4. The molecule has 1 amide bonds. The van der Waals surface area contributed by atoms with Gasteiger partial charge in [0.25, 0.3) is 10.0 Å². The van der Waals surface area contributed by atoms with Crippen LogP contribution in [0.4, 0.5) is 5.69 Å². The number of fused-ring (bicyclic) bond motifs is 1. The Bertz CT molecular complexity index is 923. The van der Waals surface area contributed by atoms with Crippen molar-refractivity contribution in [3.8, 4) is 0 Å². The molecule has 1 atom stereocenters. The first-order valence-electron chi connectivity index (χ1n) is 7.18. The fraction of sp³-hybridized carbons (Fsp3) is 0.357. The third-order valence-corrected chi connectivity index (χ3v) is 6.34. The molecule has 0 saturated carbocycles. The molecule has 3 rings (SSSR count). The summed E-state index contributed by atoms with van der Waals surface area (Å²) in [6.45, 7) is 3.44. The van der Waals surface area contributed by atoms with Crippen molar-refractivity contribution in [3.63, 3.8) is 0 Å². The van der Waals surface area contributed by atoms with Gasteiger partial charge in [0.15, 0.2) is 0 Å². The van der Waals surface area contributed by atoms with E-state index in [0.29, 0.717) is 27.2 Å². The Morgan fingerprint density at radius 1 is 1.42 bits per heavy atom. The molecule has 1 N–H and O–H groups in total. The number of nitrogens with zero attached hydrogens (tertiary/aromatic N) is 4. The Hall–Kier alpha value is -1.78. The highest BCUT2D eigenvalue weighted by molar-refractivity contribution is 9.10. The van der Waals surface area contributed by atoms with Gasteiger partial charge in [-0.25, -0.2) is 0 Å². The van der Waals surface area contributed by atoms with Crippen LogP contribution in [0.2, 0.25) is 0 Å². The van der Waals surface area contributed by atoms with Crippen molar-refractivity contribution in [2.45, 2.75) is 31.3 Å². The van der Waals surface area contributed by atoms with Crippen LogP contribution in [-0.4, -0.2) is 40.4 Å². The summed E-state index contributed by atoms with van der Waals surface area (Å²) < 4.78 is 26.7. The lowest BCUT2D eigenvalue weighted by atomic mass is 10.2. The Morgan fingerprint density at radius 2 is 2.12 bits per heavy atom. The van der Waals surface area contributed by atoms with Crippen molar-refractivity contribution < 1.29 is 18.3 Å². The molecular formula is C14H15BrN4O4S. The van der Waals surface area contributed by atoms with Gasteiger partial charge in [0.2, 0.25) is 5.91 Å². The van der Waals surface area contributed by atoms with E-state index < -0.39 is 16.1 Å². The van der Waals surface area contributed by atoms with Gasteiger partial charge in [-0.1, -0.05) is 5.21 Å². The number of carbonyl (C=O) groups is 1. The number of benzene rings is 1. The number of hydrogen-bond acceptors (Lipinski definition) is 6. The molecule has 1 aromatic heterocycles. The van der Waals surface area contributed by atoms with Gasteiger partial charge in [-0.2, -0.15) is 8.42 Å². The van der Waals surface area contributed by atoms with E-state index in [1.165, 1.54) is 26.1 Å². The number of carbonyl (C=O) groups excluding carboxylic acids is 1. The van der Waals surface area contributed by atoms with Crippen molar-refractivity contribution in [1.29, 1.82) is 0 Å². The van der Waals surface area contributed by atoms with Crippen molar-refractivity contribution in [2.75, 3.05) is 11.4 Å². The summed E-state index contributed by atoms with van der Waals surface area (Å²) >= 11 is 3.28. The minimum Gasteiger partial charge on any atom is -0.387 e. The predicted octanol–water partition coefficient (Wildman–Crippen LogP) is 1.24. The van der Waals surface area contributed by atoms with Gasteiger partial charge in [-0.15, -0.1) is 9.19 Å². The number of aromatic nitrogens is 3. The second-order valence-electron chi connectivity index (χ2n) is 5.53. The van der Waals surface area contributed by atoms with Crippen LogP contribution < -0.4 is 4.90 Å². The molecule has 0 bridgehead atoms. The largest absolute Gasteiger partial charge is 0.387 e. The maximum Gasteiger partial charge on any atom is 0.285 e. The van der Waals surface area contributed by atoms with E-state index in [9.17, 15) is 18.3 Å². The van der Waals surface area contributed by atoms with Crippen LogP contribution >= 0.6 is 15.9 Å². The zero-order valence-electron chi connectivity index (χ0n) is 13.0. The topological polar surface area (TPSA) is 105 Å². The second kappa shape index (κ2) is 5.94. The molecule has 0 spiro atoms. The maximum atomic E-state index is 12.8. The van der Waals surface area contributed by atoms with Gasteiger partial charge in [-0.3, -0.25) is 4.79 Å². The molecule has 2 heterocycles. The number of aliphatic hydroxyl groups is 1. The number of rotatable bonds is 3. The van der Waals surface area contributed by atoms with E-state index in [1.54, 1.807) is 11.0 Å². The summed E-state index contributed by atoms with van der Waals surface area (Å²) in [4.78, 5) is 13.2. The average molecular weight is 415 g/mol. The summed E-state index contributed by atoms with van der Waals surface area (Å²) in [5.74, 6) is -0.142. The molecule has 1 aliphatic heterocycles. The molecule has 1 unspecified atom stereocenters. The molecule has 10 heteroatoms. The first kappa shape index (κ1) is 17.1. The van der Waals surface area contributed by atoms with Gasteiger partial charge >= 0.3 is 0 Å². The Balaban J connectivity index is 2.11. The minimum absolute atomic E-state index is 0.0172. The van der Waals surface area contributed by atoms with Crippen LogP contribution in [0, 0.1) is 0 Å². The number of halogens is 1. The lowest BCUT2D eigenvalue weighted by Gasteiger charge is -2.16. The highest BCUT2D eigenvalue weighted by Gasteiger charge is 2.29. The van der Waals surface area contributed by atoms with Crippen LogP contribution in [0.1, 0.15) is 31.2 Å². The van der Waals surface area contributed by atoms with Crippen LogP contribution in [0.15, 0.2) is 27.7 Å². The third-order valence-electron chi connectivity index (χ3n) is 3.85. The zero-order chi connectivity index (χ0) is 17.6. The van der Waals surface area contributed by atoms with Gasteiger partial charge in [0.05, 0.1) is 12.3 Å². The molecule has 128 valence electrons. The molecule has 0 saturated heterocycles. The predicted molar refractivity (Wildman–Crippen MR) is 89.1 cm³/mol. The van der Waals surface area contributed by atoms with Crippen molar-refractivity contribution in [1.82, 2.24) is 14.4 Å². The van der Waals surface area contributed by atoms with E-state index in [0.717, 1.165) is 5.56 Å². The highest BCUT2D eigenvalue weighted by atomic mass is 79.9. The van der Waals surface area contributed by atoms with E-state index in [1.807, 2.05) is 0 Å². The van der Waals surface area contributed by atoms with Gasteiger partial charge < -0.3 is 10.0 Å². The number of aliphatic hydroxyl groups excluding tert-OH is 1. The summed E-state index contributed by atoms with van der Waals surface area (Å²) in [7, 11) is -4.01. The first-order valence-corrected chi connectivity index (χ1v) is 9.41. The fourth-order valence-corrected chi connectivity index (χ4v) is 4.73. The number of anilines is 1. The van der Waals surface area contributed by atoms with E-state index in [-0.39, 0.29) is 16.5 Å². The quantitative estimate of drug-likeness (QED) is 0.809. The molecule has 0 fully saturated rings. The highest BCUT2D eigenvalue weighted by Crippen LogP contribution is 2.36. The third kappa shape index (κ3) is 2.74. The molecule has 2 aromatic rings. The lowest BCUT2D eigenvalue weighted by Crippen LogP contribution is -2.26. The standard InChI is InChI=1S/C14H15BrN4O4S/c1-8(20)12-7-19(17-16-12)24(22,23)14-6-13-10(5-11(14)15)3-4-18(13)9(2)21/h5-8,20H,3-4H2,1-2H3. The average Bonchev–Trinajstić information content (AvgIpc) is 3.13. The van der Waals surface area contributed by atoms with Crippen LogP contribution in [0.3, 0.4) is 0 Å². The Morgan fingerprint density at radius 3 is 2.71 bits per heavy atom. The maximum absolute atomic E-state index is 12.8. The lowest BCUT2D eigenvalue weighted by molar-refractivity contribution is -0.116. The Labute approximate surface area is 147 Å². The molecule has 0 aliphatic carbocycles. The summed E-state index contributed by atoms with van der Waals surface area (Å²) in [6, 6.07) is 3.17. The summed E-state index contributed by atoms with van der Waals surface area (Å²) in [5.41, 5.74) is 1.64. The molecule has 1 aliphatic rings. The van der Waals surface area contributed by atoms with Crippen LogP contribution in [-0.2, 0) is 21.2 Å². The minimum atomic E-state index is -4.01. The van der Waals surface area contributed by atoms with Crippen molar-refractivity contribution in [2.24, 2.45) is 0 Å². The smallest absolute Gasteiger partial charge is 0.285 e. The first-order chi connectivity index (χ1) is 11.2. The van der Waals surface area contributed by atoms with E-state index >= 15 is 0 Å². The van der Waals surface area contributed by atoms with Crippen LogP contribution in [0.5, 0.6) is 0 Å². The molecular weight excluding hydrogens is 400 g/mol. The normalized spacial score (nSPS) is 15.4. The van der Waals surface area contributed by atoms with Gasteiger partial charge in [0.1, 0.15) is 10.6 Å². The van der Waals surface area contributed by atoms with E-state index in [2.05, 4.69) is 26.2 Å². The Kier molecular flexibility index (Phi) is 4.22. The second-order valence-corrected chi connectivity index (χ2v) is 8.15. The van der Waals surface area contributed by atoms with Gasteiger partial charge in [0, 0.05) is 23.6 Å².